The molecule has 25 heavy (non-hydrogen) atoms. The minimum atomic E-state index is -0.191. The van der Waals surface area contributed by atoms with E-state index in [-0.39, 0.29) is 11.7 Å². The van der Waals surface area contributed by atoms with Gasteiger partial charge in [0.25, 0.3) is 0 Å². The van der Waals surface area contributed by atoms with E-state index in [0.29, 0.717) is 16.4 Å². The third-order valence-corrected chi connectivity index (χ3v) is 5.51. The lowest BCUT2D eigenvalue weighted by atomic mass is 10.2. The zero-order valence-corrected chi connectivity index (χ0v) is 14.5. The van der Waals surface area contributed by atoms with Crippen molar-refractivity contribution in [2.45, 2.75) is 5.16 Å². The van der Waals surface area contributed by atoms with Gasteiger partial charge in [0, 0.05) is 0 Å². The lowest BCUT2D eigenvalue weighted by Gasteiger charge is -2.06. The van der Waals surface area contributed by atoms with Crippen LogP contribution in [0.3, 0.4) is 0 Å². The first-order chi connectivity index (χ1) is 12.3. The molecule has 0 radical (unpaired) electrons. The van der Waals surface area contributed by atoms with E-state index in [9.17, 15) is 4.79 Å². The Morgan fingerprint density at radius 1 is 1.20 bits per heavy atom. The second-order valence-electron chi connectivity index (χ2n) is 5.16. The predicted octanol–water partition coefficient (Wildman–Crippen LogP) is 3.55. The number of carbonyl (C=O) groups is 1. The van der Waals surface area contributed by atoms with Gasteiger partial charge < -0.3 is 5.32 Å². The minimum absolute atomic E-state index is 0.185. The van der Waals surface area contributed by atoms with Gasteiger partial charge in [0.2, 0.25) is 10.9 Å². The number of hydrogen-bond acceptors (Lipinski definition) is 6. The van der Waals surface area contributed by atoms with E-state index >= 15 is 0 Å². The Kier molecular flexibility index (Phi) is 4.09. The second kappa shape index (κ2) is 6.55. The zero-order valence-electron chi connectivity index (χ0n) is 12.8. The van der Waals surface area contributed by atoms with Crippen LogP contribution in [0.1, 0.15) is 5.56 Å². The van der Waals surface area contributed by atoms with Crippen LogP contribution in [0.5, 0.6) is 0 Å². The van der Waals surface area contributed by atoms with Gasteiger partial charge in [-0.05, 0) is 24.3 Å². The fourth-order valence-corrected chi connectivity index (χ4v) is 4.22. The van der Waals surface area contributed by atoms with Gasteiger partial charge in [0.05, 0.1) is 27.2 Å². The highest BCUT2D eigenvalue weighted by molar-refractivity contribution is 7.99. The number of thiazole rings is 1. The Morgan fingerprint density at radius 3 is 2.88 bits per heavy atom. The molecule has 6 nitrogen and oxygen atoms in total. The van der Waals surface area contributed by atoms with Gasteiger partial charge in [-0.2, -0.15) is 5.26 Å². The van der Waals surface area contributed by atoms with Gasteiger partial charge in [-0.25, -0.2) is 0 Å². The number of carbonyl (C=O) groups excluding carboxylic acids is 1. The Bertz CT molecular complexity index is 1120. The van der Waals surface area contributed by atoms with Crippen molar-refractivity contribution in [3.63, 3.8) is 0 Å². The first-order valence-corrected chi connectivity index (χ1v) is 9.21. The van der Waals surface area contributed by atoms with E-state index in [1.54, 1.807) is 35.6 Å². The van der Waals surface area contributed by atoms with Crippen LogP contribution in [0.2, 0.25) is 0 Å². The molecule has 0 atom stereocenters. The van der Waals surface area contributed by atoms with Crippen LogP contribution < -0.4 is 5.32 Å². The minimum Gasteiger partial charge on any atom is -0.324 e. The summed E-state index contributed by atoms with van der Waals surface area (Å²) >= 11 is 2.88. The van der Waals surface area contributed by atoms with E-state index in [1.807, 2.05) is 28.7 Å². The number of benzene rings is 2. The highest BCUT2D eigenvalue weighted by Crippen LogP contribution is 2.29. The van der Waals surface area contributed by atoms with Gasteiger partial charge in [0.15, 0.2) is 5.16 Å². The highest BCUT2D eigenvalue weighted by Gasteiger charge is 2.14. The summed E-state index contributed by atoms with van der Waals surface area (Å²) in [6.45, 7) is 0. The maximum absolute atomic E-state index is 12.2. The van der Waals surface area contributed by atoms with Crippen LogP contribution in [0.15, 0.2) is 53.7 Å². The molecule has 8 heteroatoms. The van der Waals surface area contributed by atoms with Gasteiger partial charge >= 0.3 is 0 Å². The van der Waals surface area contributed by atoms with Crippen molar-refractivity contribution in [2.24, 2.45) is 0 Å². The summed E-state index contributed by atoms with van der Waals surface area (Å²) in [4.78, 5) is 13.0. The SMILES string of the molecule is N#Cc1ccccc1NC(=O)CSc1nnc2sc3ccccc3n12. The summed E-state index contributed by atoms with van der Waals surface area (Å²) in [6, 6.07) is 17.0. The van der Waals surface area contributed by atoms with E-state index < -0.39 is 0 Å². The van der Waals surface area contributed by atoms with E-state index in [2.05, 4.69) is 21.6 Å². The fraction of sp³-hybridized carbons (Fsp3) is 0.0588. The largest absolute Gasteiger partial charge is 0.324 e. The van der Waals surface area contributed by atoms with Crippen LogP contribution >= 0.6 is 23.1 Å². The molecule has 0 aliphatic heterocycles. The Morgan fingerprint density at radius 2 is 2.00 bits per heavy atom. The maximum atomic E-state index is 12.2. The van der Waals surface area contributed by atoms with Crippen LogP contribution in [0.4, 0.5) is 5.69 Å². The van der Waals surface area contributed by atoms with Crippen molar-refractivity contribution in [1.82, 2.24) is 14.6 Å². The average Bonchev–Trinajstić information content (AvgIpc) is 3.19. The molecule has 1 N–H and O–H groups in total. The number of para-hydroxylation sites is 2. The van der Waals surface area contributed by atoms with Gasteiger partial charge in [0.1, 0.15) is 6.07 Å². The molecule has 2 heterocycles. The summed E-state index contributed by atoms with van der Waals surface area (Å²) in [5.74, 6) is -0.00551. The van der Waals surface area contributed by atoms with Crippen molar-refractivity contribution in [1.29, 1.82) is 5.26 Å². The van der Waals surface area contributed by atoms with Gasteiger partial charge in [-0.3, -0.25) is 9.20 Å². The summed E-state index contributed by atoms with van der Waals surface area (Å²) in [6.07, 6.45) is 0. The van der Waals surface area contributed by atoms with Crippen molar-refractivity contribution in [3.8, 4) is 6.07 Å². The molecule has 0 aliphatic carbocycles. The van der Waals surface area contributed by atoms with Gasteiger partial charge in [-0.15, -0.1) is 10.2 Å². The summed E-state index contributed by atoms with van der Waals surface area (Å²) in [5.41, 5.74) is 1.99. The number of nitriles is 1. The number of amides is 1. The van der Waals surface area contributed by atoms with E-state index in [4.69, 9.17) is 5.26 Å². The number of aromatic nitrogens is 3. The Labute approximate surface area is 151 Å². The van der Waals surface area contributed by atoms with Crippen LogP contribution in [0.25, 0.3) is 15.2 Å². The molecule has 0 fully saturated rings. The van der Waals surface area contributed by atoms with Crippen LogP contribution in [-0.4, -0.2) is 26.3 Å². The first kappa shape index (κ1) is 15.6. The van der Waals surface area contributed by atoms with Crippen LogP contribution in [-0.2, 0) is 4.79 Å². The molecule has 122 valence electrons. The van der Waals surface area contributed by atoms with Crippen molar-refractivity contribution in [3.05, 3.63) is 54.1 Å². The molecule has 0 saturated carbocycles. The fourth-order valence-electron chi connectivity index (χ4n) is 2.45. The molecule has 0 bridgehead atoms. The lowest BCUT2D eigenvalue weighted by Crippen LogP contribution is -2.15. The lowest BCUT2D eigenvalue weighted by molar-refractivity contribution is -0.113. The van der Waals surface area contributed by atoms with E-state index in [1.165, 1.54) is 11.8 Å². The quantitative estimate of drug-likeness (QED) is 0.559. The summed E-state index contributed by atoms with van der Waals surface area (Å²) < 4.78 is 3.09. The van der Waals surface area contributed by atoms with Crippen LogP contribution in [0, 0.1) is 11.3 Å². The normalized spacial score (nSPS) is 10.8. The Balaban J connectivity index is 1.52. The van der Waals surface area contributed by atoms with Crippen molar-refractivity contribution >= 4 is 49.9 Å². The average molecular weight is 365 g/mol. The third-order valence-electron chi connectivity index (χ3n) is 3.57. The number of fused-ring (bicyclic) bond motifs is 3. The molecular weight excluding hydrogens is 354 g/mol. The molecule has 0 spiro atoms. The number of nitrogens with one attached hydrogen (secondary N) is 1. The third kappa shape index (κ3) is 2.95. The molecule has 1 amide bonds. The molecule has 0 unspecified atom stereocenters. The standard InChI is InChI=1S/C17H11N5OS2/c18-9-11-5-1-2-6-12(11)19-15(23)10-24-16-20-21-17-22(16)13-7-3-4-8-14(13)25-17/h1-8H,10H2,(H,19,23). The monoisotopic (exact) mass is 365 g/mol. The number of hydrogen-bond donors (Lipinski definition) is 1. The second-order valence-corrected chi connectivity index (χ2v) is 7.12. The van der Waals surface area contributed by atoms with E-state index in [0.717, 1.165) is 15.2 Å². The number of rotatable bonds is 4. The highest BCUT2D eigenvalue weighted by atomic mass is 32.2. The number of thioether (sulfide) groups is 1. The molecule has 2 aromatic heterocycles. The van der Waals surface area contributed by atoms with Gasteiger partial charge in [-0.1, -0.05) is 47.4 Å². The molecule has 4 aromatic rings. The first-order valence-electron chi connectivity index (χ1n) is 7.41. The molecule has 0 saturated heterocycles. The topological polar surface area (TPSA) is 83.1 Å². The number of anilines is 1. The maximum Gasteiger partial charge on any atom is 0.234 e. The zero-order chi connectivity index (χ0) is 17.2. The molecular formula is C17H11N5OS2. The Hall–Kier alpha value is -2.89. The summed E-state index contributed by atoms with van der Waals surface area (Å²) in [5, 5.41) is 20.9. The smallest absolute Gasteiger partial charge is 0.234 e. The summed E-state index contributed by atoms with van der Waals surface area (Å²) in [7, 11) is 0. The number of nitrogens with zero attached hydrogens (tertiary/aromatic N) is 4. The molecule has 2 aromatic carbocycles. The van der Waals surface area contributed by atoms with Crippen molar-refractivity contribution < 1.29 is 4.79 Å². The predicted molar refractivity (Wildman–Crippen MR) is 98.9 cm³/mol. The van der Waals surface area contributed by atoms with Crippen molar-refractivity contribution in [2.75, 3.05) is 11.1 Å². The molecule has 4 rings (SSSR count). The molecule has 0 aliphatic rings.